The highest BCUT2D eigenvalue weighted by molar-refractivity contribution is 7.90. The number of hydrogen-bond acceptors (Lipinski definition) is 9. The number of aromatic nitrogens is 4. The summed E-state index contributed by atoms with van der Waals surface area (Å²) < 4.78 is 24.7. The molecule has 11 heteroatoms. The van der Waals surface area contributed by atoms with E-state index in [4.69, 9.17) is 15.7 Å². The molecule has 182 valence electrons. The van der Waals surface area contributed by atoms with Crippen LogP contribution in [0, 0.1) is 5.41 Å². The zero-order chi connectivity index (χ0) is 24.1. The van der Waals surface area contributed by atoms with Crippen molar-refractivity contribution in [3.63, 3.8) is 0 Å². The van der Waals surface area contributed by atoms with Crippen molar-refractivity contribution in [3.8, 4) is 0 Å². The zero-order valence-electron chi connectivity index (χ0n) is 19.6. The van der Waals surface area contributed by atoms with Gasteiger partial charge < -0.3 is 20.6 Å². The van der Waals surface area contributed by atoms with Crippen LogP contribution < -0.4 is 15.5 Å². The number of benzene rings is 1. The molecule has 0 spiro atoms. The van der Waals surface area contributed by atoms with E-state index >= 15 is 0 Å². The number of nitrogens with two attached hydrogens (primary N) is 1. The van der Waals surface area contributed by atoms with Crippen LogP contribution in [0.25, 0.3) is 11.2 Å². The summed E-state index contributed by atoms with van der Waals surface area (Å²) in [5.74, 6) is 1.26. The Morgan fingerprint density at radius 3 is 2.62 bits per heavy atom. The molecule has 1 saturated heterocycles. The lowest BCUT2D eigenvalue weighted by molar-refractivity contribution is 0.254. The van der Waals surface area contributed by atoms with E-state index in [-0.39, 0.29) is 12.0 Å². The third-order valence-corrected chi connectivity index (χ3v) is 8.38. The average Bonchev–Trinajstić information content (AvgIpc) is 3.25. The smallest absolute Gasteiger partial charge is 0.183 e. The van der Waals surface area contributed by atoms with Gasteiger partial charge in [-0.3, -0.25) is 5.10 Å². The van der Waals surface area contributed by atoms with Crippen molar-refractivity contribution in [2.75, 3.05) is 42.2 Å². The summed E-state index contributed by atoms with van der Waals surface area (Å²) in [4.78, 5) is 14.1. The number of fused-ring (bicyclic) bond motifs is 2. The third-order valence-electron chi connectivity index (χ3n) is 7.20. The molecule has 5 rings (SSSR count). The van der Waals surface area contributed by atoms with Gasteiger partial charge in [0.15, 0.2) is 32.6 Å². The van der Waals surface area contributed by atoms with Gasteiger partial charge in [0.05, 0.1) is 11.5 Å². The molecule has 4 heterocycles. The third kappa shape index (κ3) is 3.91. The van der Waals surface area contributed by atoms with Crippen LogP contribution in [0.5, 0.6) is 0 Å². The number of rotatable bonds is 5. The summed E-state index contributed by atoms with van der Waals surface area (Å²) in [7, 11) is -3.35. The maximum absolute atomic E-state index is 12.3. The Balaban J connectivity index is 1.54. The summed E-state index contributed by atoms with van der Waals surface area (Å²) in [6.45, 7) is 4.91. The van der Waals surface area contributed by atoms with Crippen molar-refractivity contribution in [1.82, 2.24) is 20.2 Å². The largest absolute Gasteiger partial charge is 0.390 e. The van der Waals surface area contributed by atoms with E-state index in [2.05, 4.69) is 22.0 Å². The number of aliphatic hydroxyl groups excluding tert-OH is 1. The lowest BCUT2D eigenvalue weighted by Crippen LogP contribution is -2.43. The molecule has 34 heavy (non-hydrogen) atoms. The molecule has 2 aromatic heterocycles. The number of piperidine rings is 1. The molecule has 0 radical (unpaired) electrons. The van der Waals surface area contributed by atoms with Gasteiger partial charge in [0.25, 0.3) is 0 Å². The number of nitrogens with one attached hydrogen (secondary N) is 1. The van der Waals surface area contributed by atoms with Gasteiger partial charge in [0, 0.05) is 31.6 Å². The molecular formula is C23H31N7O3S. The molecule has 2 aliphatic rings. The van der Waals surface area contributed by atoms with E-state index in [1.54, 1.807) is 12.1 Å². The fourth-order valence-electron chi connectivity index (χ4n) is 5.02. The number of aliphatic hydroxyl groups is 1. The quantitative estimate of drug-likeness (QED) is 0.494. The van der Waals surface area contributed by atoms with Gasteiger partial charge in [-0.15, -0.1) is 0 Å². The van der Waals surface area contributed by atoms with Crippen molar-refractivity contribution in [2.24, 2.45) is 11.1 Å². The topological polar surface area (TPSA) is 141 Å². The second-order valence-electron chi connectivity index (χ2n) is 9.68. The summed E-state index contributed by atoms with van der Waals surface area (Å²) in [6.07, 6.45) is 4.62. The second-order valence-corrected chi connectivity index (χ2v) is 11.7. The SMILES string of the molecule is CC1(CN)CCN(c2nc3[nH]nc(N4CCCc5c4cccc5S(C)(=O)=O)c3nc2CO)CC1. The molecule has 0 unspecified atom stereocenters. The number of nitrogens with zero attached hydrogens (tertiary/aromatic N) is 5. The highest BCUT2D eigenvalue weighted by Crippen LogP contribution is 2.39. The van der Waals surface area contributed by atoms with Gasteiger partial charge in [-0.2, -0.15) is 5.10 Å². The first-order valence-electron chi connectivity index (χ1n) is 11.6. The first kappa shape index (κ1) is 23.0. The van der Waals surface area contributed by atoms with Gasteiger partial charge in [0.2, 0.25) is 0 Å². The van der Waals surface area contributed by atoms with Crippen molar-refractivity contribution in [1.29, 1.82) is 0 Å². The highest BCUT2D eigenvalue weighted by atomic mass is 32.2. The Morgan fingerprint density at radius 2 is 1.94 bits per heavy atom. The Labute approximate surface area is 199 Å². The maximum Gasteiger partial charge on any atom is 0.183 e. The first-order chi connectivity index (χ1) is 16.2. The molecule has 10 nitrogen and oxygen atoms in total. The van der Waals surface area contributed by atoms with Crippen LogP contribution in [-0.4, -0.2) is 66.1 Å². The first-order valence-corrected chi connectivity index (χ1v) is 13.5. The van der Waals surface area contributed by atoms with Crippen LogP contribution in [0.3, 0.4) is 0 Å². The van der Waals surface area contributed by atoms with Gasteiger partial charge in [-0.25, -0.2) is 18.4 Å². The van der Waals surface area contributed by atoms with E-state index in [1.165, 1.54) is 6.26 Å². The summed E-state index contributed by atoms with van der Waals surface area (Å²) in [5.41, 5.74) is 9.31. The van der Waals surface area contributed by atoms with Gasteiger partial charge >= 0.3 is 0 Å². The van der Waals surface area contributed by atoms with Crippen LogP contribution >= 0.6 is 0 Å². The van der Waals surface area contributed by atoms with Crippen molar-refractivity contribution < 1.29 is 13.5 Å². The number of hydrogen-bond donors (Lipinski definition) is 3. The minimum atomic E-state index is -3.35. The van der Waals surface area contributed by atoms with E-state index in [9.17, 15) is 13.5 Å². The Hall–Kier alpha value is -2.76. The second kappa shape index (κ2) is 8.47. The average molecular weight is 486 g/mol. The molecular weight excluding hydrogens is 454 g/mol. The molecule has 1 fully saturated rings. The van der Waals surface area contributed by atoms with Crippen molar-refractivity contribution >= 4 is 38.3 Å². The molecule has 4 N–H and O–H groups in total. The number of aromatic amines is 1. The van der Waals surface area contributed by atoms with Gasteiger partial charge in [-0.1, -0.05) is 13.0 Å². The fourth-order valence-corrected chi connectivity index (χ4v) is 6.00. The molecule has 0 amide bonds. The highest BCUT2D eigenvalue weighted by Gasteiger charge is 2.32. The molecule has 0 aliphatic carbocycles. The number of H-pyrrole nitrogens is 1. The van der Waals surface area contributed by atoms with Crippen LogP contribution in [0.4, 0.5) is 17.3 Å². The van der Waals surface area contributed by atoms with Crippen LogP contribution in [-0.2, 0) is 22.9 Å². The monoisotopic (exact) mass is 485 g/mol. The summed E-state index contributed by atoms with van der Waals surface area (Å²) in [5, 5.41) is 17.6. The Bertz CT molecular complexity index is 1330. The summed E-state index contributed by atoms with van der Waals surface area (Å²) in [6, 6.07) is 5.34. The molecule has 2 aliphatic heterocycles. The molecule has 3 aromatic rings. The van der Waals surface area contributed by atoms with E-state index < -0.39 is 9.84 Å². The standard InChI is InChI=1S/C23H31N7O3S/c1-23(14-24)8-11-29(12-9-23)21-16(13-31)25-19-20(26-21)27-28-22(19)30-10-4-5-15-17(30)6-3-7-18(15)34(2,32)33/h3,6-7,31H,4-5,8-14,24H2,1-2H3,(H,26,27,28). The van der Waals surface area contributed by atoms with E-state index in [0.717, 1.165) is 43.6 Å². The molecule has 1 aromatic carbocycles. The number of sulfone groups is 1. The fraction of sp³-hybridized carbons (Fsp3) is 0.522. The number of anilines is 3. The van der Waals surface area contributed by atoms with Crippen molar-refractivity contribution in [2.45, 2.75) is 44.1 Å². The lowest BCUT2D eigenvalue weighted by atomic mass is 9.80. The molecule has 0 atom stereocenters. The van der Waals surface area contributed by atoms with E-state index in [1.807, 2.05) is 11.0 Å². The van der Waals surface area contributed by atoms with Crippen LogP contribution in [0.1, 0.15) is 37.4 Å². The predicted molar refractivity (Wildman–Crippen MR) is 131 cm³/mol. The van der Waals surface area contributed by atoms with Gasteiger partial charge in [-0.05, 0) is 55.3 Å². The maximum atomic E-state index is 12.3. The summed E-state index contributed by atoms with van der Waals surface area (Å²) >= 11 is 0. The minimum Gasteiger partial charge on any atom is -0.390 e. The molecule has 0 saturated carbocycles. The Morgan fingerprint density at radius 1 is 1.18 bits per heavy atom. The lowest BCUT2D eigenvalue weighted by Gasteiger charge is -2.39. The predicted octanol–water partition coefficient (Wildman–Crippen LogP) is 1.90. The van der Waals surface area contributed by atoms with Crippen LogP contribution in [0.2, 0.25) is 0 Å². The minimum absolute atomic E-state index is 0.126. The molecule has 0 bridgehead atoms. The Kier molecular flexibility index (Phi) is 5.73. The normalized spacial score (nSPS) is 18.4. The zero-order valence-corrected chi connectivity index (χ0v) is 20.4. The van der Waals surface area contributed by atoms with Crippen LogP contribution in [0.15, 0.2) is 23.1 Å². The van der Waals surface area contributed by atoms with Gasteiger partial charge in [0.1, 0.15) is 5.69 Å². The van der Waals surface area contributed by atoms with Crippen molar-refractivity contribution in [3.05, 3.63) is 29.5 Å². The van der Waals surface area contributed by atoms with E-state index in [0.29, 0.717) is 52.9 Å².